The van der Waals surface area contributed by atoms with Gasteiger partial charge in [0.15, 0.2) is 0 Å². The molecule has 0 saturated carbocycles. The molecule has 3 heteroatoms. The fourth-order valence-corrected chi connectivity index (χ4v) is 1.00. The van der Waals surface area contributed by atoms with E-state index in [1.165, 1.54) is 0 Å². The molecule has 0 atom stereocenters. The van der Waals surface area contributed by atoms with E-state index in [0.717, 1.165) is 5.01 Å². The highest BCUT2D eigenvalue weighted by atomic mass is 32.1. The molecule has 0 radical (unpaired) electrons. The van der Waals surface area contributed by atoms with Crippen LogP contribution in [0.5, 0.6) is 0 Å². The van der Waals surface area contributed by atoms with Crippen LogP contribution in [0.25, 0.3) is 0 Å². The van der Waals surface area contributed by atoms with Gasteiger partial charge in [-0.1, -0.05) is 27.7 Å². The van der Waals surface area contributed by atoms with Crippen LogP contribution >= 0.6 is 11.3 Å². The highest BCUT2D eigenvalue weighted by molar-refractivity contribution is 7.09. The zero-order valence-corrected chi connectivity index (χ0v) is 7.77. The van der Waals surface area contributed by atoms with Crippen molar-refractivity contribution in [3.63, 3.8) is 0 Å². The van der Waals surface area contributed by atoms with Gasteiger partial charge in [-0.25, -0.2) is 0 Å². The van der Waals surface area contributed by atoms with Crippen LogP contribution in [0.15, 0.2) is 5.51 Å². The van der Waals surface area contributed by atoms with Crippen LogP contribution in [0.1, 0.15) is 38.6 Å². The van der Waals surface area contributed by atoms with Crippen LogP contribution in [-0.4, -0.2) is 10.2 Å². The lowest BCUT2D eigenvalue weighted by Crippen LogP contribution is -1.83. The second-order valence-corrected chi connectivity index (χ2v) is 2.80. The lowest BCUT2D eigenvalue weighted by molar-refractivity contribution is 0.825. The molecule has 2 nitrogen and oxygen atoms in total. The summed E-state index contributed by atoms with van der Waals surface area (Å²) in [7, 11) is 0. The van der Waals surface area contributed by atoms with Crippen LogP contribution < -0.4 is 0 Å². The first-order valence-electron chi connectivity index (χ1n) is 3.57. The van der Waals surface area contributed by atoms with Crippen molar-refractivity contribution in [2.24, 2.45) is 0 Å². The van der Waals surface area contributed by atoms with Crippen molar-refractivity contribution in [2.45, 2.75) is 33.6 Å². The van der Waals surface area contributed by atoms with Crippen molar-refractivity contribution in [1.29, 1.82) is 0 Å². The summed E-state index contributed by atoms with van der Waals surface area (Å²) in [6, 6.07) is 0. The molecule has 1 heterocycles. The van der Waals surface area contributed by atoms with Crippen molar-refractivity contribution in [3.05, 3.63) is 10.5 Å². The summed E-state index contributed by atoms with van der Waals surface area (Å²) in [6.45, 7) is 8.22. The van der Waals surface area contributed by atoms with E-state index in [0.29, 0.717) is 5.92 Å². The molecule has 0 fully saturated rings. The zero-order chi connectivity index (χ0) is 7.98. The maximum absolute atomic E-state index is 3.88. The SMILES string of the molecule is CC.CC(C)c1nncs1. The second kappa shape index (κ2) is 5.35. The molecule has 0 unspecified atom stereocenters. The molecule has 10 heavy (non-hydrogen) atoms. The lowest BCUT2D eigenvalue weighted by Gasteiger charge is -1.92. The topological polar surface area (TPSA) is 25.8 Å². The molecule has 58 valence electrons. The highest BCUT2D eigenvalue weighted by Gasteiger charge is 1.99. The summed E-state index contributed by atoms with van der Waals surface area (Å²) < 4.78 is 0. The second-order valence-electron chi connectivity index (χ2n) is 1.93. The Balaban J connectivity index is 0.000000371. The summed E-state index contributed by atoms with van der Waals surface area (Å²) in [5.74, 6) is 0.530. The molecule has 0 spiro atoms. The molecule has 0 aromatic carbocycles. The molecule has 0 amide bonds. The number of rotatable bonds is 1. The van der Waals surface area contributed by atoms with Crippen LogP contribution in [0, 0.1) is 0 Å². The average Bonchev–Trinajstić information content (AvgIpc) is 2.42. The monoisotopic (exact) mass is 158 g/mol. The van der Waals surface area contributed by atoms with E-state index in [4.69, 9.17) is 0 Å². The minimum atomic E-state index is 0.530. The third-order valence-corrected chi connectivity index (χ3v) is 1.87. The largest absolute Gasteiger partial charge is 0.147 e. The molecule has 0 saturated heterocycles. The van der Waals surface area contributed by atoms with Crippen molar-refractivity contribution < 1.29 is 0 Å². The number of hydrogen-bond acceptors (Lipinski definition) is 3. The van der Waals surface area contributed by atoms with Gasteiger partial charge >= 0.3 is 0 Å². The minimum absolute atomic E-state index is 0.530. The first kappa shape index (κ1) is 9.56. The van der Waals surface area contributed by atoms with Gasteiger partial charge in [0.05, 0.1) is 0 Å². The molecule has 0 aliphatic heterocycles. The van der Waals surface area contributed by atoms with E-state index in [1.54, 1.807) is 16.8 Å². The Bertz CT molecular complexity index is 147. The Morgan fingerprint density at radius 2 is 2.00 bits per heavy atom. The number of hydrogen-bond donors (Lipinski definition) is 0. The van der Waals surface area contributed by atoms with Gasteiger partial charge in [0.1, 0.15) is 10.5 Å². The first-order chi connectivity index (χ1) is 4.80. The van der Waals surface area contributed by atoms with Crippen molar-refractivity contribution in [3.8, 4) is 0 Å². The lowest BCUT2D eigenvalue weighted by atomic mass is 10.2. The van der Waals surface area contributed by atoms with Gasteiger partial charge in [-0.2, -0.15) is 0 Å². The normalized spacial score (nSPS) is 8.90. The summed E-state index contributed by atoms with van der Waals surface area (Å²) in [6.07, 6.45) is 0. The van der Waals surface area contributed by atoms with E-state index < -0.39 is 0 Å². The third kappa shape index (κ3) is 2.92. The predicted molar refractivity (Wildman–Crippen MR) is 45.3 cm³/mol. The van der Waals surface area contributed by atoms with Crippen LogP contribution in [0.2, 0.25) is 0 Å². The molecular weight excluding hydrogens is 144 g/mol. The van der Waals surface area contributed by atoms with E-state index in [-0.39, 0.29) is 0 Å². The van der Waals surface area contributed by atoms with Crippen molar-refractivity contribution in [1.82, 2.24) is 10.2 Å². The van der Waals surface area contributed by atoms with Crippen LogP contribution in [-0.2, 0) is 0 Å². The number of aromatic nitrogens is 2. The quantitative estimate of drug-likeness (QED) is 0.628. The zero-order valence-electron chi connectivity index (χ0n) is 6.96. The van der Waals surface area contributed by atoms with Gasteiger partial charge in [-0.3, -0.25) is 0 Å². The minimum Gasteiger partial charge on any atom is -0.147 e. The maximum atomic E-state index is 3.88. The summed E-state index contributed by atoms with van der Waals surface area (Å²) in [5.41, 5.74) is 1.76. The van der Waals surface area contributed by atoms with Crippen LogP contribution in [0.4, 0.5) is 0 Å². The third-order valence-electron chi connectivity index (χ3n) is 0.871. The van der Waals surface area contributed by atoms with Gasteiger partial charge in [-0.15, -0.1) is 21.5 Å². The first-order valence-corrected chi connectivity index (χ1v) is 4.44. The molecule has 0 aliphatic rings. The van der Waals surface area contributed by atoms with Gasteiger partial charge in [0.2, 0.25) is 0 Å². The summed E-state index contributed by atoms with van der Waals surface area (Å²) in [5, 5.41) is 8.71. The maximum Gasteiger partial charge on any atom is 0.119 e. The summed E-state index contributed by atoms with van der Waals surface area (Å²) in [4.78, 5) is 0. The fraction of sp³-hybridized carbons (Fsp3) is 0.714. The highest BCUT2D eigenvalue weighted by Crippen LogP contribution is 2.13. The number of nitrogens with zero attached hydrogens (tertiary/aromatic N) is 2. The van der Waals surface area contributed by atoms with Gasteiger partial charge in [-0.05, 0) is 0 Å². The van der Waals surface area contributed by atoms with Crippen molar-refractivity contribution >= 4 is 11.3 Å². The molecule has 0 bridgehead atoms. The Hall–Kier alpha value is -0.440. The molecule has 1 aromatic heterocycles. The smallest absolute Gasteiger partial charge is 0.119 e. The molecular formula is C7H14N2S. The molecule has 1 aromatic rings. The molecule has 1 rings (SSSR count). The van der Waals surface area contributed by atoms with Gasteiger partial charge in [0, 0.05) is 5.92 Å². The Morgan fingerprint density at radius 1 is 1.40 bits per heavy atom. The Labute approximate surface area is 66.3 Å². The fourth-order valence-electron chi connectivity index (χ4n) is 0.433. The Morgan fingerprint density at radius 3 is 2.20 bits per heavy atom. The average molecular weight is 158 g/mol. The van der Waals surface area contributed by atoms with E-state index in [1.807, 2.05) is 13.8 Å². The van der Waals surface area contributed by atoms with E-state index in [9.17, 15) is 0 Å². The van der Waals surface area contributed by atoms with Crippen LogP contribution in [0.3, 0.4) is 0 Å². The van der Waals surface area contributed by atoms with Crippen molar-refractivity contribution in [2.75, 3.05) is 0 Å². The van der Waals surface area contributed by atoms with Gasteiger partial charge in [0.25, 0.3) is 0 Å². The predicted octanol–water partition coefficient (Wildman–Crippen LogP) is 2.69. The molecule has 0 N–H and O–H groups in total. The Kier molecular flexibility index (Phi) is 5.12. The van der Waals surface area contributed by atoms with E-state index >= 15 is 0 Å². The summed E-state index contributed by atoms with van der Waals surface area (Å²) >= 11 is 1.61. The van der Waals surface area contributed by atoms with E-state index in [2.05, 4.69) is 24.0 Å². The van der Waals surface area contributed by atoms with Gasteiger partial charge < -0.3 is 0 Å². The standard InChI is InChI=1S/C5H8N2S.C2H6/c1-4(2)5-7-6-3-8-5;1-2/h3-4H,1-2H3;1-2H3. The molecule has 0 aliphatic carbocycles.